The number of ether oxygens (including phenoxy) is 1. The van der Waals surface area contributed by atoms with Gasteiger partial charge in [0.05, 0.1) is 17.7 Å². The topological polar surface area (TPSA) is 75.7 Å². The Bertz CT molecular complexity index is 923. The van der Waals surface area contributed by atoms with Crippen LogP contribution in [-0.4, -0.2) is 38.8 Å². The number of amides is 1. The number of halogens is 1. The molecule has 27 heavy (non-hydrogen) atoms. The van der Waals surface area contributed by atoms with Crippen molar-refractivity contribution in [3.8, 4) is 5.75 Å². The normalized spacial score (nSPS) is 15.3. The third-order valence-electron chi connectivity index (χ3n) is 4.48. The van der Waals surface area contributed by atoms with Crippen molar-refractivity contribution in [2.24, 2.45) is 0 Å². The molecule has 0 aliphatic carbocycles. The molecule has 0 unspecified atom stereocenters. The molecule has 0 radical (unpaired) electrons. The fourth-order valence-corrected chi connectivity index (χ4v) is 4.80. The molecular weight excluding hydrogens is 432 g/mol. The molecule has 1 heterocycles. The van der Waals surface area contributed by atoms with Crippen molar-refractivity contribution >= 4 is 37.5 Å². The number of sulfonamides is 1. The number of carbonyl (C=O) groups excluding carboxylic acids is 1. The molecule has 2 aromatic carbocycles. The van der Waals surface area contributed by atoms with Crippen LogP contribution >= 0.6 is 15.9 Å². The molecule has 0 bridgehead atoms. The summed E-state index contributed by atoms with van der Waals surface area (Å²) in [7, 11) is -2.12. The fraction of sp³-hybridized carbons (Fsp3) is 0.316. The predicted molar refractivity (Wildman–Crippen MR) is 108 cm³/mol. The summed E-state index contributed by atoms with van der Waals surface area (Å²) >= 11 is 3.33. The smallest absolute Gasteiger partial charge is 0.255 e. The maximum Gasteiger partial charge on any atom is 0.255 e. The summed E-state index contributed by atoms with van der Waals surface area (Å²) in [6.45, 7) is 1.05. The Labute approximate surface area is 167 Å². The third kappa shape index (κ3) is 4.51. The van der Waals surface area contributed by atoms with Gasteiger partial charge in [-0.2, -0.15) is 4.31 Å². The SMILES string of the molecule is COc1ccc(S(=O)(=O)N2CCCCC2)cc1NC(=O)c1ccc(Br)cc1. The van der Waals surface area contributed by atoms with Gasteiger partial charge in [-0.25, -0.2) is 8.42 Å². The summed E-state index contributed by atoms with van der Waals surface area (Å²) in [4.78, 5) is 12.7. The molecule has 144 valence electrons. The highest BCUT2D eigenvalue weighted by atomic mass is 79.9. The van der Waals surface area contributed by atoms with Crippen LogP contribution in [0.3, 0.4) is 0 Å². The molecule has 1 saturated heterocycles. The highest BCUT2D eigenvalue weighted by Crippen LogP contribution is 2.30. The molecular formula is C19H21BrN2O4S. The van der Waals surface area contributed by atoms with Crippen molar-refractivity contribution in [2.45, 2.75) is 24.2 Å². The second-order valence-electron chi connectivity index (χ2n) is 6.29. The van der Waals surface area contributed by atoms with Crippen LogP contribution in [0.5, 0.6) is 5.75 Å². The van der Waals surface area contributed by atoms with Crippen LogP contribution in [0.2, 0.25) is 0 Å². The molecule has 1 aliphatic rings. The summed E-state index contributed by atoms with van der Waals surface area (Å²) in [6.07, 6.45) is 2.77. The quantitative estimate of drug-likeness (QED) is 0.746. The Balaban J connectivity index is 1.89. The van der Waals surface area contributed by atoms with Crippen LogP contribution in [0.4, 0.5) is 5.69 Å². The van der Waals surface area contributed by atoms with E-state index in [1.165, 1.54) is 23.5 Å². The van der Waals surface area contributed by atoms with Gasteiger partial charge in [-0.1, -0.05) is 22.4 Å². The van der Waals surface area contributed by atoms with Crippen molar-refractivity contribution in [1.82, 2.24) is 4.31 Å². The molecule has 1 amide bonds. The van der Waals surface area contributed by atoms with Crippen molar-refractivity contribution in [3.63, 3.8) is 0 Å². The monoisotopic (exact) mass is 452 g/mol. The van der Waals surface area contributed by atoms with Gasteiger partial charge in [0.2, 0.25) is 10.0 Å². The number of nitrogens with one attached hydrogen (secondary N) is 1. The molecule has 2 aromatic rings. The van der Waals surface area contributed by atoms with Crippen LogP contribution in [0.15, 0.2) is 51.8 Å². The molecule has 1 fully saturated rings. The lowest BCUT2D eigenvalue weighted by Crippen LogP contribution is -2.35. The summed E-state index contributed by atoms with van der Waals surface area (Å²) in [5, 5.41) is 2.75. The molecule has 0 aromatic heterocycles. The first-order chi connectivity index (χ1) is 12.9. The van der Waals surface area contributed by atoms with Gasteiger partial charge in [-0.05, 0) is 55.3 Å². The van der Waals surface area contributed by atoms with Gasteiger partial charge >= 0.3 is 0 Å². The molecule has 6 nitrogen and oxygen atoms in total. The Morgan fingerprint density at radius 1 is 1.07 bits per heavy atom. The number of hydrogen-bond acceptors (Lipinski definition) is 4. The average molecular weight is 453 g/mol. The molecule has 0 atom stereocenters. The van der Waals surface area contributed by atoms with Crippen LogP contribution in [0.1, 0.15) is 29.6 Å². The van der Waals surface area contributed by atoms with Gasteiger partial charge in [0.1, 0.15) is 5.75 Å². The van der Waals surface area contributed by atoms with E-state index < -0.39 is 10.0 Å². The van der Waals surface area contributed by atoms with Gasteiger partial charge in [-0.3, -0.25) is 4.79 Å². The van der Waals surface area contributed by atoms with Crippen molar-refractivity contribution in [2.75, 3.05) is 25.5 Å². The zero-order valence-corrected chi connectivity index (χ0v) is 17.3. The van der Waals surface area contributed by atoms with E-state index in [1.807, 2.05) is 0 Å². The van der Waals surface area contributed by atoms with Gasteiger partial charge in [-0.15, -0.1) is 0 Å². The van der Waals surface area contributed by atoms with E-state index in [9.17, 15) is 13.2 Å². The number of hydrogen-bond donors (Lipinski definition) is 1. The van der Waals surface area contributed by atoms with Gasteiger partial charge in [0.25, 0.3) is 5.91 Å². The number of piperidine rings is 1. The first-order valence-electron chi connectivity index (χ1n) is 8.67. The Morgan fingerprint density at radius 2 is 1.74 bits per heavy atom. The minimum absolute atomic E-state index is 0.149. The minimum atomic E-state index is -3.60. The maximum atomic E-state index is 12.9. The van der Waals surface area contributed by atoms with E-state index in [0.29, 0.717) is 30.1 Å². The standard InChI is InChI=1S/C19H21BrN2O4S/c1-26-18-10-9-16(27(24,25)22-11-3-2-4-12-22)13-17(18)21-19(23)14-5-7-15(20)8-6-14/h5-10,13H,2-4,11-12H2,1H3,(H,21,23). The Kier molecular flexibility index (Phi) is 6.18. The van der Waals surface area contributed by atoms with E-state index in [2.05, 4.69) is 21.2 Å². The van der Waals surface area contributed by atoms with E-state index in [-0.39, 0.29) is 10.8 Å². The van der Waals surface area contributed by atoms with E-state index in [0.717, 1.165) is 23.7 Å². The predicted octanol–water partition coefficient (Wildman–Crippen LogP) is 3.88. The van der Waals surface area contributed by atoms with Crippen LogP contribution in [0.25, 0.3) is 0 Å². The minimum Gasteiger partial charge on any atom is -0.495 e. The zero-order valence-electron chi connectivity index (χ0n) is 14.9. The molecule has 1 aliphatic heterocycles. The van der Waals surface area contributed by atoms with Gasteiger partial charge in [0.15, 0.2) is 0 Å². The summed E-state index contributed by atoms with van der Waals surface area (Å²) in [5.41, 5.74) is 0.785. The molecule has 8 heteroatoms. The lowest BCUT2D eigenvalue weighted by molar-refractivity contribution is 0.102. The second-order valence-corrected chi connectivity index (χ2v) is 9.14. The van der Waals surface area contributed by atoms with E-state index in [4.69, 9.17) is 4.74 Å². The summed E-state index contributed by atoms with van der Waals surface area (Å²) in [5.74, 6) is 0.0615. The fourth-order valence-electron chi connectivity index (χ4n) is 3.00. The van der Waals surface area contributed by atoms with E-state index in [1.54, 1.807) is 30.3 Å². The first-order valence-corrected chi connectivity index (χ1v) is 10.9. The zero-order chi connectivity index (χ0) is 19.4. The number of benzene rings is 2. The lowest BCUT2D eigenvalue weighted by atomic mass is 10.2. The number of anilines is 1. The van der Waals surface area contributed by atoms with Crippen LogP contribution < -0.4 is 10.1 Å². The lowest BCUT2D eigenvalue weighted by Gasteiger charge is -2.26. The summed E-state index contributed by atoms with van der Waals surface area (Å²) < 4.78 is 33.4. The third-order valence-corrected chi connectivity index (χ3v) is 6.90. The number of carbonyl (C=O) groups is 1. The second kappa shape index (κ2) is 8.41. The Morgan fingerprint density at radius 3 is 2.37 bits per heavy atom. The molecule has 1 N–H and O–H groups in total. The van der Waals surface area contributed by atoms with Gasteiger partial charge < -0.3 is 10.1 Å². The summed E-state index contributed by atoms with van der Waals surface area (Å²) in [6, 6.07) is 11.4. The van der Waals surface area contributed by atoms with Crippen molar-refractivity contribution < 1.29 is 17.9 Å². The average Bonchev–Trinajstić information content (AvgIpc) is 2.69. The largest absolute Gasteiger partial charge is 0.495 e. The van der Waals surface area contributed by atoms with Crippen molar-refractivity contribution in [1.29, 1.82) is 0 Å². The first kappa shape index (κ1) is 19.9. The van der Waals surface area contributed by atoms with E-state index >= 15 is 0 Å². The number of rotatable bonds is 5. The Hall–Kier alpha value is -1.90. The maximum absolute atomic E-state index is 12.9. The molecule has 0 saturated carbocycles. The molecule has 0 spiro atoms. The van der Waals surface area contributed by atoms with Crippen molar-refractivity contribution in [3.05, 3.63) is 52.5 Å². The van der Waals surface area contributed by atoms with Gasteiger partial charge in [0, 0.05) is 23.1 Å². The number of nitrogens with zero attached hydrogens (tertiary/aromatic N) is 1. The number of methoxy groups -OCH3 is 1. The highest BCUT2D eigenvalue weighted by Gasteiger charge is 2.27. The highest BCUT2D eigenvalue weighted by molar-refractivity contribution is 9.10. The molecule has 3 rings (SSSR count). The van der Waals surface area contributed by atoms with Crippen LogP contribution in [0, 0.1) is 0 Å². The van der Waals surface area contributed by atoms with Crippen LogP contribution in [-0.2, 0) is 10.0 Å².